The number of alkyl halides is 1. The Hall–Kier alpha value is -1.13. The molecular weight excluding hydrogens is 243 g/mol. The monoisotopic (exact) mass is 266 g/mol. The van der Waals surface area contributed by atoms with Crippen molar-refractivity contribution >= 4 is 0 Å². The van der Waals surface area contributed by atoms with E-state index in [-0.39, 0.29) is 18.8 Å². The third kappa shape index (κ3) is 3.67. The number of hydrogen-bond acceptors (Lipinski definition) is 3. The maximum absolute atomic E-state index is 13.5. The highest BCUT2D eigenvalue weighted by atomic mass is 19.1. The van der Waals surface area contributed by atoms with E-state index in [1.54, 1.807) is 0 Å². The van der Waals surface area contributed by atoms with Crippen LogP contribution in [0, 0.1) is 0 Å². The number of halogens is 1. The molecule has 0 amide bonds. The summed E-state index contributed by atoms with van der Waals surface area (Å²) >= 11 is 0. The number of piperazine rings is 1. The number of benzene rings is 1. The minimum atomic E-state index is -0.377. The molecule has 0 aromatic heterocycles. The van der Waals surface area contributed by atoms with Crippen LogP contribution in [0.4, 0.5) is 4.39 Å². The van der Waals surface area contributed by atoms with Gasteiger partial charge in [-0.15, -0.1) is 0 Å². The molecule has 1 aliphatic rings. The number of ether oxygens (including phenoxy) is 1. The quantitative estimate of drug-likeness (QED) is 0.885. The van der Waals surface area contributed by atoms with Crippen molar-refractivity contribution in [2.45, 2.75) is 26.0 Å². The Bertz CT molecular complexity index is 391. The smallest absolute Gasteiger partial charge is 0.124 e. The van der Waals surface area contributed by atoms with E-state index in [0.29, 0.717) is 0 Å². The molecule has 0 aliphatic carbocycles. The molecule has 106 valence electrons. The fourth-order valence-corrected chi connectivity index (χ4v) is 2.49. The van der Waals surface area contributed by atoms with E-state index >= 15 is 0 Å². The van der Waals surface area contributed by atoms with Gasteiger partial charge in [0.25, 0.3) is 0 Å². The minimum absolute atomic E-state index is 0.101. The van der Waals surface area contributed by atoms with Gasteiger partial charge in [0.2, 0.25) is 0 Å². The molecule has 1 fully saturated rings. The van der Waals surface area contributed by atoms with Gasteiger partial charge in [-0.05, 0) is 19.9 Å². The fourth-order valence-electron chi connectivity index (χ4n) is 2.49. The highest BCUT2D eigenvalue weighted by Gasteiger charge is 2.24. The zero-order valence-electron chi connectivity index (χ0n) is 11.7. The summed E-state index contributed by atoms with van der Waals surface area (Å²) in [7, 11) is 0. The lowest BCUT2D eigenvalue weighted by Gasteiger charge is -2.34. The van der Waals surface area contributed by atoms with Gasteiger partial charge in [-0.2, -0.15) is 0 Å². The summed E-state index contributed by atoms with van der Waals surface area (Å²) in [4.78, 5) is 2.19. The van der Waals surface area contributed by atoms with E-state index in [2.05, 4.69) is 10.2 Å². The van der Waals surface area contributed by atoms with Crippen LogP contribution >= 0.6 is 0 Å². The van der Waals surface area contributed by atoms with Crippen molar-refractivity contribution in [3.05, 3.63) is 29.8 Å². The number of para-hydroxylation sites is 1. The molecule has 1 aromatic carbocycles. The van der Waals surface area contributed by atoms with Gasteiger partial charge in [0.05, 0.1) is 12.1 Å². The van der Waals surface area contributed by atoms with Crippen molar-refractivity contribution in [1.29, 1.82) is 0 Å². The van der Waals surface area contributed by atoms with Gasteiger partial charge in [0, 0.05) is 31.7 Å². The zero-order valence-corrected chi connectivity index (χ0v) is 11.7. The lowest BCUT2D eigenvalue weighted by Crippen LogP contribution is -2.45. The summed E-state index contributed by atoms with van der Waals surface area (Å²) in [6.45, 7) is 7.21. The third-order valence-electron chi connectivity index (χ3n) is 3.38. The lowest BCUT2D eigenvalue weighted by molar-refractivity contribution is 0.141. The first-order valence-corrected chi connectivity index (χ1v) is 6.98. The van der Waals surface area contributed by atoms with Gasteiger partial charge in [0.1, 0.15) is 12.4 Å². The van der Waals surface area contributed by atoms with Gasteiger partial charge in [-0.25, -0.2) is 4.39 Å². The topological polar surface area (TPSA) is 24.5 Å². The van der Waals surface area contributed by atoms with E-state index in [1.807, 2.05) is 38.1 Å². The summed E-state index contributed by atoms with van der Waals surface area (Å²) in [5, 5.41) is 3.30. The summed E-state index contributed by atoms with van der Waals surface area (Å²) in [5.41, 5.74) is 0.959. The number of rotatable bonds is 5. The summed E-state index contributed by atoms with van der Waals surface area (Å²) in [5.74, 6) is 0.804. The highest BCUT2D eigenvalue weighted by molar-refractivity contribution is 5.36. The first kappa shape index (κ1) is 14.3. The molecule has 0 bridgehead atoms. The average molecular weight is 266 g/mol. The van der Waals surface area contributed by atoms with Crippen molar-refractivity contribution < 1.29 is 9.13 Å². The van der Waals surface area contributed by atoms with Crippen LogP contribution < -0.4 is 10.1 Å². The zero-order chi connectivity index (χ0) is 13.7. The molecule has 1 saturated heterocycles. The van der Waals surface area contributed by atoms with Crippen LogP contribution in [0.3, 0.4) is 0 Å². The van der Waals surface area contributed by atoms with Crippen LogP contribution in [0.1, 0.15) is 25.5 Å². The van der Waals surface area contributed by atoms with Crippen molar-refractivity contribution in [1.82, 2.24) is 10.2 Å². The maximum atomic E-state index is 13.5. The van der Waals surface area contributed by atoms with E-state index in [9.17, 15) is 4.39 Å². The Morgan fingerprint density at radius 2 is 1.95 bits per heavy atom. The second-order valence-electron chi connectivity index (χ2n) is 5.16. The van der Waals surface area contributed by atoms with Crippen LogP contribution in [-0.2, 0) is 0 Å². The maximum Gasteiger partial charge on any atom is 0.124 e. The normalized spacial score (nSPS) is 18.5. The van der Waals surface area contributed by atoms with E-state index in [1.165, 1.54) is 0 Å². The van der Waals surface area contributed by atoms with E-state index < -0.39 is 0 Å². The predicted molar refractivity (Wildman–Crippen MR) is 75.4 cm³/mol. The van der Waals surface area contributed by atoms with Crippen molar-refractivity contribution in [3.8, 4) is 5.75 Å². The summed E-state index contributed by atoms with van der Waals surface area (Å²) in [6, 6.07) is 7.60. The molecule has 1 aliphatic heterocycles. The molecule has 19 heavy (non-hydrogen) atoms. The molecule has 3 nitrogen and oxygen atoms in total. The lowest BCUT2D eigenvalue weighted by atomic mass is 10.0. The second kappa shape index (κ2) is 6.87. The fraction of sp³-hybridized carbons (Fsp3) is 0.600. The molecule has 4 heteroatoms. The van der Waals surface area contributed by atoms with Crippen LogP contribution in [0.25, 0.3) is 0 Å². The van der Waals surface area contributed by atoms with Gasteiger partial charge in [-0.3, -0.25) is 4.90 Å². The van der Waals surface area contributed by atoms with Crippen LogP contribution in [0.2, 0.25) is 0 Å². The second-order valence-corrected chi connectivity index (χ2v) is 5.16. The number of hydrogen-bond donors (Lipinski definition) is 1. The van der Waals surface area contributed by atoms with E-state index in [4.69, 9.17) is 4.74 Å². The van der Waals surface area contributed by atoms with E-state index in [0.717, 1.165) is 37.5 Å². The molecule has 1 aromatic rings. The molecule has 0 unspecified atom stereocenters. The largest absolute Gasteiger partial charge is 0.491 e. The Labute approximate surface area is 114 Å². The minimum Gasteiger partial charge on any atom is -0.491 e. The Kier molecular flexibility index (Phi) is 5.16. The first-order chi connectivity index (χ1) is 9.22. The number of nitrogens with zero attached hydrogens (tertiary/aromatic N) is 1. The molecule has 0 spiro atoms. The predicted octanol–water partition coefficient (Wildman–Crippen LogP) is 2.39. The van der Waals surface area contributed by atoms with Crippen LogP contribution in [0.15, 0.2) is 24.3 Å². The molecule has 0 saturated carbocycles. The molecular formula is C15H23FN2O. The Balaban J connectivity index is 2.21. The van der Waals surface area contributed by atoms with Gasteiger partial charge in [0.15, 0.2) is 0 Å². The average Bonchev–Trinajstić information content (AvgIpc) is 2.42. The number of nitrogens with one attached hydrogen (secondary N) is 1. The van der Waals surface area contributed by atoms with Crippen molar-refractivity contribution in [2.75, 3.05) is 32.9 Å². The SMILES string of the molecule is CC(C)Oc1ccccc1[C@@H](CF)N1CCNCC1. The molecule has 1 N–H and O–H groups in total. The molecule has 1 heterocycles. The van der Waals surface area contributed by atoms with Crippen molar-refractivity contribution in [3.63, 3.8) is 0 Å². The van der Waals surface area contributed by atoms with Crippen LogP contribution in [0.5, 0.6) is 5.75 Å². The molecule has 0 radical (unpaired) electrons. The van der Waals surface area contributed by atoms with Gasteiger partial charge in [-0.1, -0.05) is 18.2 Å². The van der Waals surface area contributed by atoms with Crippen molar-refractivity contribution in [2.24, 2.45) is 0 Å². The molecule has 2 rings (SSSR count). The third-order valence-corrected chi connectivity index (χ3v) is 3.38. The first-order valence-electron chi connectivity index (χ1n) is 6.98. The Morgan fingerprint density at radius 1 is 1.26 bits per heavy atom. The summed E-state index contributed by atoms with van der Waals surface area (Å²) in [6.07, 6.45) is 0.101. The van der Waals surface area contributed by atoms with Gasteiger partial charge < -0.3 is 10.1 Å². The molecule has 1 atom stereocenters. The summed E-state index contributed by atoms with van der Waals surface area (Å²) < 4.78 is 19.3. The van der Waals surface area contributed by atoms with Gasteiger partial charge >= 0.3 is 0 Å². The highest BCUT2D eigenvalue weighted by Crippen LogP contribution is 2.30. The Morgan fingerprint density at radius 3 is 2.58 bits per heavy atom. The van der Waals surface area contributed by atoms with Crippen LogP contribution in [-0.4, -0.2) is 43.9 Å². The standard InChI is InChI=1S/C15H23FN2O/c1-12(2)19-15-6-4-3-5-13(15)14(11-16)18-9-7-17-8-10-18/h3-6,12,14,17H,7-11H2,1-2H3/t14-/m1/s1.